The van der Waals surface area contributed by atoms with Crippen molar-refractivity contribution in [1.82, 2.24) is 15.0 Å². The predicted octanol–water partition coefficient (Wildman–Crippen LogP) is 8.44. The fourth-order valence-electron chi connectivity index (χ4n) is 5.20. The highest BCUT2D eigenvalue weighted by molar-refractivity contribution is 6.11. The van der Waals surface area contributed by atoms with Gasteiger partial charge < -0.3 is 4.42 Å². The van der Waals surface area contributed by atoms with Gasteiger partial charge in [-0.1, -0.05) is 97.1 Å². The van der Waals surface area contributed by atoms with Gasteiger partial charge in [-0.15, -0.1) is 0 Å². The van der Waals surface area contributed by atoms with Crippen molar-refractivity contribution in [2.45, 2.75) is 25.2 Å². The number of fused-ring (bicyclic) bond motifs is 3. The Bertz CT molecular complexity index is 1750. The first kappa shape index (κ1) is 21.7. The Morgan fingerprint density at radius 3 is 2.38 bits per heavy atom. The van der Waals surface area contributed by atoms with Crippen molar-refractivity contribution in [1.29, 1.82) is 0 Å². The van der Waals surface area contributed by atoms with Crippen molar-refractivity contribution in [3.63, 3.8) is 0 Å². The maximum Gasteiger partial charge on any atom is 0.164 e. The van der Waals surface area contributed by atoms with Gasteiger partial charge in [-0.3, -0.25) is 0 Å². The van der Waals surface area contributed by atoms with Crippen LogP contribution in [0.25, 0.3) is 50.3 Å². The van der Waals surface area contributed by atoms with Crippen molar-refractivity contribution in [3.8, 4) is 22.8 Å². The third-order valence-electron chi connectivity index (χ3n) is 7.11. The molecular weight excluding hydrogens is 454 g/mol. The molecule has 2 aliphatic rings. The molecule has 37 heavy (non-hydrogen) atoms. The fraction of sp³-hybridized carbons (Fsp3) is 0.121. The number of nitrogens with zero attached hydrogens (tertiary/aromatic N) is 3. The number of para-hydroxylation sites is 1. The Labute approximate surface area is 215 Å². The summed E-state index contributed by atoms with van der Waals surface area (Å²) >= 11 is 0. The minimum Gasteiger partial charge on any atom is -0.456 e. The van der Waals surface area contributed by atoms with E-state index in [0.29, 0.717) is 23.4 Å². The van der Waals surface area contributed by atoms with E-state index in [1.165, 1.54) is 5.56 Å². The Kier molecular flexibility index (Phi) is 5.36. The highest BCUT2D eigenvalue weighted by atomic mass is 16.3. The molecule has 2 aromatic heterocycles. The van der Waals surface area contributed by atoms with E-state index < -0.39 is 0 Å². The van der Waals surface area contributed by atoms with E-state index in [1.54, 1.807) is 0 Å². The second-order valence-electron chi connectivity index (χ2n) is 9.50. The van der Waals surface area contributed by atoms with Gasteiger partial charge in [0, 0.05) is 33.4 Å². The van der Waals surface area contributed by atoms with E-state index in [4.69, 9.17) is 19.4 Å². The average molecular weight is 480 g/mol. The molecule has 1 atom stereocenters. The lowest BCUT2D eigenvalue weighted by molar-refractivity contribution is 0.669. The normalized spacial score (nSPS) is 17.0. The van der Waals surface area contributed by atoms with Gasteiger partial charge >= 0.3 is 0 Å². The molecule has 0 bridgehead atoms. The Morgan fingerprint density at radius 1 is 0.703 bits per heavy atom. The van der Waals surface area contributed by atoms with Gasteiger partial charge in [-0.25, -0.2) is 15.0 Å². The second-order valence-corrected chi connectivity index (χ2v) is 9.50. The summed E-state index contributed by atoms with van der Waals surface area (Å²) in [5, 5.41) is 2.09. The molecule has 0 radical (unpaired) electrons. The van der Waals surface area contributed by atoms with Crippen LogP contribution in [0.5, 0.6) is 0 Å². The van der Waals surface area contributed by atoms with E-state index in [1.807, 2.05) is 30.3 Å². The summed E-state index contributed by atoms with van der Waals surface area (Å²) in [6, 6.07) is 22.8. The zero-order valence-corrected chi connectivity index (χ0v) is 20.3. The zero-order chi connectivity index (χ0) is 24.6. The lowest BCUT2D eigenvalue weighted by atomic mass is 9.92. The lowest BCUT2D eigenvalue weighted by Crippen LogP contribution is -2.03. The summed E-state index contributed by atoms with van der Waals surface area (Å²) in [4.78, 5) is 14.9. The third kappa shape index (κ3) is 4.01. The van der Waals surface area contributed by atoms with E-state index >= 15 is 0 Å². The highest BCUT2D eigenvalue weighted by Crippen LogP contribution is 2.36. The summed E-state index contributed by atoms with van der Waals surface area (Å²) in [7, 11) is 0. The molecule has 0 aliphatic heterocycles. The molecule has 4 nitrogen and oxygen atoms in total. The van der Waals surface area contributed by atoms with Crippen LogP contribution in [-0.2, 0) is 0 Å². The van der Waals surface area contributed by atoms with Gasteiger partial charge in [0.15, 0.2) is 17.5 Å². The molecule has 3 aromatic carbocycles. The summed E-state index contributed by atoms with van der Waals surface area (Å²) in [5.41, 5.74) is 5.96. The van der Waals surface area contributed by atoms with E-state index in [2.05, 4.69) is 78.9 Å². The van der Waals surface area contributed by atoms with Gasteiger partial charge in [0.05, 0.1) is 0 Å². The maximum atomic E-state index is 6.14. The standard InChI is InChI=1S/C33H25N3O/c1-3-10-22(11-4-1)23-18-20-25(21-19-23)32-34-31(24-12-5-2-6-13-24)35-33(36-32)27-15-9-17-29-30(27)26-14-7-8-16-28(26)37-29/h1,3-5,7-10,12-22H,2,6,11H2. The number of hydrogen-bond donors (Lipinski definition) is 0. The maximum absolute atomic E-state index is 6.14. The van der Waals surface area contributed by atoms with E-state index in [0.717, 1.165) is 57.9 Å². The molecule has 1 unspecified atom stereocenters. The first-order valence-corrected chi connectivity index (χ1v) is 12.8. The first-order chi connectivity index (χ1) is 18.3. The summed E-state index contributed by atoms with van der Waals surface area (Å²) in [6.45, 7) is 0. The van der Waals surface area contributed by atoms with Crippen molar-refractivity contribution < 1.29 is 4.42 Å². The Balaban J connectivity index is 1.39. The van der Waals surface area contributed by atoms with Crippen molar-refractivity contribution in [2.75, 3.05) is 0 Å². The van der Waals surface area contributed by atoms with Crippen LogP contribution in [-0.4, -0.2) is 15.0 Å². The van der Waals surface area contributed by atoms with Gasteiger partial charge in [0.2, 0.25) is 0 Å². The molecule has 0 fully saturated rings. The number of furan rings is 1. The largest absolute Gasteiger partial charge is 0.456 e. The van der Waals surface area contributed by atoms with E-state index in [9.17, 15) is 0 Å². The molecule has 0 saturated heterocycles. The smallest absolute Gasteiger partial charge is 0.164 e. The van der Waals surface area contributed by atoms with Crippen LogP contribution in [0.2, 0.25) is 0 Å². The molecule has 2 aliphatic carbocycles. The lowest BCUT2D eigenvalue weighted by Gasteiger charge is -2.14. The molecule has 4 heteroatoms. The topological polar surface area (TPSA) is 51.8 Å². The molecule has 0 saturated carbocycles. The number of aromatic nitrogens is 3. The first-order valence-electron chi connectivity index (χ1n) is 12.8. The Hall–Kier alpha value is -4.57. The summed E-state index contributed by atoms with van der Waals surface area (Å²) in [5.74, 6) is 2.44. The number of allylic oxidation sites excluding steroid dienone is 8. The Morgan fingerprint density at radius 2 is 1.54 bits per heavy atom. The molecule has 178 valence electrons. The van der Waals surface area contributed by atoms with Crippen LogP contribution < -0.4 is 0 Å². The fourth-order valence-corrected chi connectivity index (χ4v) is 5.20. The number of hydrogen-bond acceptors (Lipinski definition) is 4. The molecule has 0 N–H and O–H groups in total. The van der Waals surface area contributed by atoms with Crippen LogP contribution in [0.1, 0.15) is 36.6 Å². The van der Waals surface area contributed by atoms with Crippen LogP contribution >= 0.6 is 0 Å². The highest BCUT2D eigenvalue weighted by Gasteiger charge is 2.18. The van der Waals surface area contributed by atoms with Crippen molar-refractivity contribution in [2.24, 2.45) is 0 Å². The van der Waals surface area contributed by atoms with Crippen LogP contribution in [0.15, 0.2) is 114 Å². The molecule has 0 spiro atoms. The number of benzene rings is 3. The summed E-state index contributed by atoms with van der Waals surface area (Å²) < 4.78 is 6.14. The van der Waals surface area contributed by atoms with Crippen molar-refractivity contribution >= 4 is 27.5 Å². The van der Waals surface area contributed by atoms with E-state index in [-0.39, 0.29) is 0 Å². The minimum atomic E-state index is 0.410. The van der Waals surface area contributed by atoms with Gasteiger partial charge in [0.1, 0.15) is 11.2 Å². The molecule has 7 rings (SSSR count). The molecule has 5 aromatic rings. The predicted molar refractivity (Wildman–Crippen MR) is 150 cm³/mol. The van der Waals surface area contributed by atoms with Gasteiger partial charge in [-0.05, 0) is 37.0 Å². The van der Waals surface area contributed by atoms with Crippen molar-refractivity contribution in [3.05, 3.63) is 121 Å². The monoisotopic (exact) mass is 479 g/mol. The quantitative estimate of drug-likeness (QED) is 0.259. The third-order valence-corrected chi connectivity index (χ3v) is 7.11. The van der Waals surface area contributed by atoms with Gasteiger partial charge in [0.25, 0.3) is 0 Å². The van der Waals surface area contributed by atoms with Crippen LogP contribution in [0.3, 0.4) is 0 Å². The second kappa shape index (κ2) is 9.14. The molecular formula is C33H25N3O. The summed E-state index contributed by atoms with van der Waals surface area (Å²) in [6.07, 6.45) is 18.3. The van der Waals surface area contributed by atoms with Crippen LogP contribution in [0.4, 0.5) is 0 Å². The van der Waals surface area contributed by atoms with Gasteiger partial charge in [-0.2, -0.15) is 0 Å². The average Bonchev–Trinajstić information content (AvgIpc) is 3.37. The minimum absolute atomic E-state index is 0.410. The SMILES string of the molecule is C1=CCC(c2ccc(-c3nc(C4=CCCC=C4)nc(-c4cccc5oc6ccccc6c45)n3)cc2)C=C1. The number of rotatable bonds is 4. The zero-order valence-electron chi connectivity index (χ0n) is 20.3. The molecule has 2 heterocycles. The molecule has 0 amide bonds. The van der Waals surface area contributed by atoms with Crippen LogP contribution in [0, 0.1) is 0 Å².